The number of rotatable bonds is 5. The smallest absolute Gasteiger partial charge is 0.170 e. The Morgan fingerprint density at radius 2 is 2.14 bits per heavy atom. The molecule has 0 bridgehead atoms. The number of hydrogen-bond donors (Lipinski definition) is 1. The van der Waals surface area contributed by atoms with Crippen molar-refractivity contribution in [3.63, 3.8) is 0 Å². The molecule has 0 amide bonds. The Kier molecular flexibility index (Phi) is 5.43. The van der Waals surface area contributed by atoms with Crippen LogP contribution in [0.3, 0.4) is 0 Å². The fourth-order valence-corrected chi connectivity index (χ4v) is 5.16. The Morgan fingerprint density at radius 1 is 1.32 bits per heavy atom. The molecule has 0 spiro atoms. The van der Waals surface area contributed by atoms with E-state index >= 15 is 0 Å². The second-order valence-electron chi connectivity index (χ2n) is 8.20. The highest BCUT2D eigenvalue weighted by molar-refractivity contribution is 7.80. The van der Waals surface area contributed by atoms with Gasteiger partial charge in [-0.25, -0.2) is 0 Å². The second-order valence-corrected chi connectivity index (χ2v) is 8.59. The molecule has 0 aromatic carbocycles. The Hall–Kier alpha value is -1.92. The van der Waals surface area contributed by atoms with Crippen LogP contribution in [0, 0.1) is 13.8 Å². The van der Waals surface area contributed by atoms with Crippen molar-refractivity contribution in [2.24, 2.45) is 0 Å². The standard InChI is InChI=1S/C22H30N4OS/c1-14(2)26-15(3)12-18(16(26)4)21-20(19-9-5-6-10-23-19)24-22(28)25(21)13-17-8-7-11-27-17/h5-6,9-10,12,14,17,20-21H,7-8,11,13H2,1-4H3,(H,24,28)/t17-,20+,21+/m0/s1. The van der Waals surface area contributed by atoms with Crippen molar-refractivity contribution in [3.8, 4) is 0 Å². The number of hydrogen-bond acceptors (Lipinski definition) is 3. The van der Waals surface area contributed by atoms with E-state index in [1.165, 1.54) is 17.0 Å². The van der Waals surface area contributed by atoms with Crippen LogP contribution >= 0.6 is 12.2 Å². The minimum absolute atomic E-state index is 0.0382. The number of nitrogens with zero attached hydrogens (tertiary/aromatic N) is 3. The second kappa shape index (κ2) is 7.84. The van der Waals surface area contributed by atoms with Crippen LogP contribution in [0.25, 0.3) is 0 Å². The predicted octanol–water partition coefficient (Wildman–Crippen LogP) is 4.23. The van der Waals surface area contributed by atoms with E-state index < -0.39 is 0 Å². The highest BCUT2D eigenvalue weighted by atomic mass is 32.1. The third kappa shape index (κ3) is 3.44. The molecule has 2 aliphatic rings. The highest BCUT2D eigenvalue weighted by Crippen LogP contribution is 2.41. The Bertz CT molecular complexity index is 842. The molecule has 2 saturated heterocycles. The zero-order chi connectivity index (χ0) is 19.8. The molecule has 2 aromatic rings. The lowest BCUT2D eigenvalue weighted by atomic mass is 9.96. The van der Waals surface area contributed by atoms with Gasteiger partial charge in [0.15, 0.2) is 5.11 Å². The number of ether oxygens (including phenoxy) is 1. The van der Waals surface area contributed by atoms with Gasteiger partial charge in [-0.15, -0.1) is 0 Å². The molecule has 0 aliphatic carbocycles. The summed E-state index contributed by atoms with van der Waals surface area (Å²) in [5.41, 5.74) is 4.95. The van der Waals surface area contributed by atoms with Gasteiger partial charge in [-0.2, -0.15) is 0 Å². The zero-order valence-corrected chi connectivity index (χ0v) is 18.0. The van der Waals surface area contributed by atoms with E-state index in [1.54, 1.807) is 0 Å². The van der Waals surface area contributed by atoms with Crippen molar-refractivity contribution >= 4 is 17.3 Å². The number of pyridine rings is 1. The first-order valence-corrected chi connectivity index (χ1v) is 10.7. The number of thiocarbonyl (C=S) groups is 1. The maximum absolute atomic E-state index is 5.94. The Balaban J connectivity index is 1.76. The summed E-state index contributed by atoms with van der Waals surface area (Å²) in [4.78, 5) is 6.97. The van der Waals surface area contributed by atoms with Gasteiger partial charge in [0.1, 0.15) is 0 Å². The fraction of sp³-hybridized carbons (Fsp3) is 0.545. The molecule has 28 heavy (non-hydrogen) atoms. The molecule has 2 aliphatic heterocycles. The van der Waals surface area contributed by atoms with Crippen molar-refractivity contribution in [1.82, 2.24) is 19.8 Å². The summed E-state index contributed by atoms with van der Waals surface area (Å²) < 4.78 is 8.35. The summed E-state index contributed by atoms with van der Waals surface area (Å²) in [5.74, 6) is 0. The maximum Gasteiger partial charge on any atom is 0.170 e. The quantitative estimate of drug-likeness (QED) is 0.764. The predicted molar refractivity (Wildman–Crippen MR) is 115 cm³/mol. The summed E-state index contributed by atoms with van der Waals surface area (Å²) >= 11 is 5.79. The van der Waals surface area contributed by atoms with Gasteiger partial charge in [0.25, 0.3) is 0 Å². The van der Waals surface area contributed by atoms with E-state index in [2.05, 4.69) is 59.6 Å². The molecule has 2 fully saturated rings. The maximum atomic E-state index is 5.94. The number of aromatic nitrogens is 2. The van der Waals surface area contributed by atoms with Gasteiger partial charge >= 0.3 is 0 Å². The fourth-order valence-electron chi connectivity index (χ4n) is 4.85. The van der Waals surface area contributed by atoms with Crippen molar-refractivity contribution in [1.29, 1.82) is 0 Å². The van der Waals surface area contributed by atoms with Crippen LogP contribution in [0.1, 0.15) is 67.5 Å². The molecule has 5 nitrogen and oxygen atoms in total. The van der Waals surface area contributed by atoms with Crippen molar-refractivity contribution in [2.45, 2.75) is 64.8 Å². The van der Waals surface area contributed by atoms with Crippen LogP contribution in [-0.2, 0) is 4.74 Å². The van der Waals surface area contributed by atoms with Crippen LogP contribution in [0.2, 0.25) is 0 Å². The summed E-state index contributed by atoms with van der Waals surface area (Å²) in [6.45, 7) is 10.6. The average Bonchev–Trinajstić information content (AvgIpc) is 3.36. The molecule has 4 heterocycles. The molecule has 3 atom stereocenters. The summed E-state index contributed by atoms with van der Waals surface area (Å²) in [6, 6.07) is 9.00. The van der Waals surface area contributed by atoms with Crippen LogP contribution < -0.4 is 5.32 Å². The van der Waals surface area contributed by atoms with E-state index in [0.29, 0.717) is 6.04 Å². The number of aryl methyl sites for hydroxylation is 1. The van der Waals surface area contributed by atoms with Crippen molar-refractivity contribution in [3.05, 3.63) is 53.1 Å². The third-order valence-corrected chi connectivity index (χ3v) is 6.33. The minimum Gasteiger partial charge on any atom is -0.376 e. The van der Waals surface area contributed by atoms with Crippen LogP contribution in [0.5, 0.6) is 0 Å². The summed E-state index contributed by atoms with van der Waals surface area (Å²) in [6.07, 6.45) is 4.34. The first-order chi connectivity index (χ1) is 13.5. The summed E-state index contributed by atoms with van der Waals surface area (Å²) in [5, 5.41) is 4.35. The lowest BCUT2D eigenvalue weighted by molar-refractivity contribution is 0.0841. The highest BCUT2D eigenvalue weighted by Gasteiger charge is 2.42. The van der Waals surface area contributed by atoms with Crippen LogP contribution in [0.4, 0.5) is 0 Å². The molecule has 150 valence electrons. The van der Waals surface area contributed by atoms with Gasteiger partial charge < -0.3 is 19.5 Å². The molecule has 2 aromatic heterocycles. The van der Waals surface area contributed by atoms with Gasteiger partial charge in [0.2, 0.25) is 0 Å². The lowest BCUT2D eigenvalue weighted by Crippen LogP contribution is -2.36. The van der Waals surface area contributed by atoms with Gasteiger partial charge in [0, 0.05) is 36.8 Å². The van der Waals surface area contributed by atoms with Gasteiger partial charge in [-0.05, 0) is 76.5 Å². The van der Waals surface area contributed by atoms with E-state index in [9.17, 15) is 0 Å². The Morgan fingerprint density at radius 3 is 2.75 bits per heavy atom. The van der Waals surface area contributed by atoms with Gasteiger partial charge in [-0.1, -0.05) is 6.07 Å². The molecule has 1 N–H and O–H groups in total. The third-order valence-electron chi connectivity index (χ3n) is 5.98. The minimum atomic E-state index is 0.0382. The molecule has 0 unspecified atom stereocenters. The topological polar surface area (TPSA) is 42.3 Å². The number of nitrogens with one attached hydrogen (secondary N) is 1. The van der Waals surface area contributed by atoms with Crippen molar-refractivity contribution < 1.29 is 4.74 Å². The normalized spacial score (nSPS) is 25.0. The molecule has 0 saturated carbocycles. The van der Waals surface area contributed by atoms with E-state index in [-0.39, 0.29) is 18.2 Å². The first kappa shape index (κ1) is 19.4. The SMILES string of the molecule is Cc1cc([C@@H]2[C@@H](c3ccccn3)NC(=S)N2C[C@@H]2CCCO2)c(C)n1C(C)C. The van der Waals surface area contributed by atoms with Crippen molar-refractivity contribution in [2.75, 3.05) is 13.2 Å². The van der Waals surface area contributed by atoms with E-state index in [1.807, 2.05) is 18.3 Å². The molecule has 4 rings (SSSR count). The van der Waals surface area contributed by atoms with E-state index in [0.717, 1.165) is 36.8 Å². The van der Waals surface area contributed by atoms with Gasteiger partial charge in [-0.3, -0.25) is 4.98 Å². The first-order valence-electron chi connectivity index (χ1n) is 10.3. The lowest BCUT2D eigenvalue weighted by Gasteiger charge is -2.30. The molecule has 6 heteroatoms. The largest absolute Gasteiger partial charge is 0.376 e. The summed E-state index contributed by atoms with van der Waals surface area (Å²) in [7, 11) is 0. The van der Waals surface area contributed by atoms with Crippen LogP contribution in [-0.4, -0.2) is 38.8 Å². The monoisotopic (exact) mass is 398 g/mol. The van der Waals surface area contributed by atoms with Gasteiger partial charge in [0.05, 0.1) is 23.9 Å². The molecular formula is C22H30N4OS. The van der Waals surface area contributed by atoms with E-state index in [4.69, 9.17) is 17.0 Å². The Labute approximate surface area is 173 Å². The van der Waals surface area contributed by atoms with Crippen LogP contribution in [0.15, 0.2) is 30.5 Å². The molecular weight excluding hydrogens is 368 g/mol. The average molecular weight is 399 g/mol. The zero-order valence-electron chi connectivity index (χ0n) is 17.2. The molecule has 0 radical (unpaired) electrons.